The van der Waals surface area contributed by atoms with Gasteiger partial charge >= 0.3 is 0 Å². The van der Waals surface area contributed by atoms with Crippen LogP contribution in [0, 0.1) is 5.82 Å². The standard InChI is InChI=1S/C8H11FN2/c1-5(10)7-4-6(9)2-3-8(7)11/h2-5H,10-11H2,1H3. The third-order valence-corrected chi connectivity index (χ3v) is 1.54. The fraction of sp³-hybridized carbons (Fsp3) is 0.250. The Morgan fingerprint density at radius 3 is 2.55 bits per heavy atom. The SMILES string of the molecule is CC(N)c1cc(F)ccc1N. The van der Waals surface area contributed by atoms with Crippen molar-refractivity contribution in [1.29, 1.82) is 0 Å². The quantitative estimate of drug-likeness (QED) is 0.601. The Hall–Kier alpha value is -1.09. The predicted molar refractivity (Wildman–Crippen MR) is 43.4 cm³/mol. The monoisotopic (exact) mass is 154 g/mol. The van der Waals surface area contributed by atoms with Gasteiger partial charge in [-0.1, -0.05) is 0 Å². The Kier molecular flexibility index (Phi) is 2.10. The number of benzene rings is 1. The smallest absolute Gasteiger partial charge is 0.123 e. The van der Waals surface area contributed by atoms with Crippen molar-refractivity contribution in [2.75, 3.05) is 5.73 Å². The number of hydrogen-bond acceptors (Lipinski definition) is 2. The first kappa shape index (κ1) is 8.01. The van der Waals surface area contributed by atoms with Crippen LogP contribution in [0.1, 0.15) is 18.5 Å². The van der Waals surface area contributed by atoms with Gasteiger partial charge in [0.2, 0.25) is 0 Å². The van der Waals surface area contributed by atoms with Crippen LogP contribution >= 0.6 is 0 Å². The Balaban J connectivity index is 3.13. The summed E-state index contributed by atoms with van der Waals surface area (Å²) in [4.78, 5) is 0. The van der Waals surface area contributed by atoms with E-state index in [0.717, 1.165) is 0 Å². The number of rotatable bonds is 1. The Labute approximate surface area is 65.0 Å². The van der Waals surface area contributed by atoms with E-state index in [2.05, 4.69) is 0 Å². The van der Waals surface area contributed by atoms with Gasteiger partial charge < -0.3 is 11.5 Å². The average Bonchev–Trinajstić information content (AvgIpc) is 1.94. The van der Waals surface area contributed by atoms with Gasteiger partial charge in [0.1, 0.15) is 5.82 Å². The first-order valence-electron chi connectivity index (χ1n) is 3.42. The highest BCUT2D eigenvalue weighted by molar-refractivity contribution is 5.48. The first-order chi connectivity index (χ1) is 5.11. The predicted octanol–water partition coefficient (Wildman–Crippen LogP) is 1.43. The molecule has 2 nitrogen and oxygen atoms in total. The lowest BCUT2D eigenvalue weighted by Crippen LogP contribution is -2.08. The molecule has 4 N–H and O–H groups in total. The van der Waals surface area contributed by atoms with Gasteiger partial charge in [-0.3, -0.25) is 0 Å². The minimum absolute atomic E-state index is 0.217. The van der Waals surface area contributed by atoms with Crippen molar-refractivity contribution in [2.24, 2.45) is 5.73 Å². The molecule has 0 aliphatic rings. The minimum Gasteiger partial charge on any atom is -0.398 e. The Morgan fingerprint density at radius 1 is 1.45 bits per heavy atom. The van der Waals surface area contributed by atoms with E-state index in [1.165, 1.54) is 18.2 Å². The van der Waals surface area contributed by atoms with Gasteiger partial charge in [0.05, 0.1) is 0 Å². The highest BCUT2D eigenvalue weighted by Crippen LogP contribution is 2.18. The van der Waals surface area contributed by atoms with Crippen molar-refractivity contribution in [3.63, 3.8) is 0 Å². The van der Waals surface area contributed by atoms with Crippen LogP contribution in [0.3, 0.4) is 0 Å². The summed E-state index contributed by atoms with van der Waals surface area (Å²) in [5.74, 6) is -0.300. The second-order valence-electron chi connectivity index (χ2n) is 2.56. The number of halogens is 1. The second kappa shape index (κ2) is 2.88. The van der Waals surface area contributed by atoms with Gasteiger partial charge in [-0.05, 0) is 30.7 Å². The average molecular weight is 154 g/mol. The molecule has 0 saturated heterocycles. The molecule has 0 aromatic heterocycles. The fourth-order valence-corrected chi connectivity index (χ4v) is 0.940. The lowest BCUT2D eigenvalue weighted by atomic mass is 10.1. The van der Waals surface area contributed by atoms with E-state index in [0.29, 0.717) is 11.3 Å². The number of hydrogen-bond donors (Lipinski definition) is 2. The molecule has 0 spiro atoms. The van der Waals surface area contributed by atoms with Crippen molar-refractivity contribution in [3.8, 4) is 0 Å². The molecule has 1 aromatic rings. The molecule has 1 rings (SSSR count). The molecular formula is C8H11FN2. The highest BCUT2D eigenvalue weighted by Gasteiger charge is 2.04. The molecule has 0 aliphatic carbocycles. The van der Waals surface area contributed by atoms with Crippen molar-refractivity contribution in [1.82, 2.24) is 0 Å². The maximum atomic E-state index is 12.6. The summed E-state index contributed by atoms with van der Waals surface area (Å²) in [5, 5.41) is 0. The summed E-state index contributed by atoms with van der Waals surface area (Å²) in [6, 6.07) is 3.99. The molecule has 0 bridgehead atoms. The summed E-state index contributed by atoms with van der Waals surface area (Å²) < 4.78 is 12.6. The topological polar surface area (TPSA) is 52.0 Å². The first-order valence-corrected chi connectivity index (χ1v) is 3.42. The van der Waals surface area contributed by atoms with Gasteiger partial charge in [0.25, 0.3) is 0 Å². The van der Waals surface area contributed by atoms with E-state index in [1.807, 2.05) is 0 Å². The van der Waals surface area contributed by atoms with Crippen LogP contribution in [0.15, 0.2) is 18.2 Å². The molecule has 60 valence electrons. The molecule has 0 radical (unpaired) electrons. The van der Waals surface area contributed by atoms with Crippen LogP contribution in [-0.2, 0) is 0 Å². The van der Waals surface area contributed by atoms with Gasteiger partial charge in [-0.2, -0.15) is 0 Å². The third-order valence-electron chi connectivity index (χ3n) is 1.54. The molecule has 3 heteroatoms. The molecule has 1 aromatic carbocycles. The van der Waals surface area contributed by atoms with Crippen LogP contribution in [0.25, 0.3) is 0 Å². The van der Waals surface area contributed by atoms with E-state index in [-0.39, 0.29) is 11.9 Å². The molecule has 0 amide bonds. The van der Waals surface area contributed by atoms with Crippen LogP contribution in [0.4, 0.5) is 10.1 Å². The highest BCUT2D eigenvalue weighted by atomic mass is 19.1. The second-order valence-corrected chi connectivity index (χ2v) is 2.56. The van der Waals surface area contributed by atoms with E-state index >= 15 is 0 Å². The van der Waals surface area contributed by atoms with Crippen LogP contribution in [0.2, 0.25) is 0 Å². The van der Waals surface area contributed by atoms with Gasteiger partial charge in [-0.25, -0.2) is 4.39 Å². The van der Waals surface area contributed by atoms with Crippen molar-refractivity contribution >= 4 is 5.69 Å². The van der Waals surface area contributed by atoms with Gasteiger partial charge in [0.15, 0.2) is 0 Å². The lowest BCUT2D eigenvalue weighted by Gasteiger charge is -2.08. The summed E-state index contributed by atoms with van der Waals surface area (Å²) >= 11 is 0. The largest absolute Gasteiger partial charge is 0.398 e. The third kappa shape index (κ3) is 1.68. The molecule has 0 aliphatic heterocycles. The summed E-state index contributed by atoms with van der Waals surface area (Å²) in [5.41, 5.74) is 12.3. The van der Waals surface area contributed by atoms with Crippen molar-refractivity contribution in [2.45, 2.75) is 13.0 Å². The number of nitrogen functional groups attached to an aromatic ring is 1. The van der Waals surface area contributed by atoms with E-state index < -0.39 is 0 Å². The summed E-state index contributed by atoms with van der Waals surface area (Å²) in [6.45, 7) is 1.77. The Morgan fingerprint density at radius 2 is 2.09 bits per heavy atom. The van der Waals surface area contributed by atoms with Crippen LogP contribution in [-0.4, -0.2) is 0 Å². The van der Waals surface area contributed by atoms with Gasteiger partial charge in [0, 0.05) is 11.7 Å². The summed E-state index contributed by atoms with van der Waals surface area (Å²) in [6.07, 6.45) is 0. The van der Waals surface area contributed by atoms with Crippen molar-refractivity contribution < 1.29 is 4.39 Å². The molecule has 0 fully saturated rings. The van der Waals surface area contributed by atoms with Crippen LogP contribution < -0.4 is 11.5 Å². The molecular weight excluding hydrogens is 143 g/mol. The van der Waals surface area contributed by atoms with Gasteiger partial charge in [-0.15, -0.1) is 0 Å². The molecule has 11 heavy (non-hydrogen) atoms. The molecule has 1 atom stereocenters. The number of nitrogens with two attached hydrogens (primary N) is 2. The lowest BCUT2D eigenvalue weighted by molar-refractivity contribution is 0.623. The summed E-state index contributed by atoms with van der Waals surface area (Å²) in [7, 11) is 0. The zero-order valence-electron chi connectivity index (χ0n) is 6.34. The maximum absolute atomic E-state index is 12.6. The molecule has 0 heterocycles. The van der Waals surface area contributed by atoms with Crippen molar-refractivity contribution in [3.05, 3.63) is 29.6 Å². The molecule has 1 unspecified atom stereocenters. The van der Waals surface area contributed by atoms with E-state index in [4.69, 9.17) is 11.5 Å². The number of anilines is 1. The Bertz CT molecular complexity index is 258. The fourth-order valence-electron chi connectivity index (χ4n) is 0.940. The minimum atomic E-state index is -0.300. The van der Waals surface area contributed by atoms with E-state index in [9.17, 15) is 4.39 Å². The van der Waals surface area contributed by atoms with Crippen LogP contribution in [0.5, 0.6) is 0 Å². The molecule has 0 saturated carbocycles. The van der Waals surface area contributed by atoms with E-state index in [1.54, 1.807) is 6.92 Å². The zero-order valence-corrected chi connectivity index (χ0v) is 6.34. The zero-order chi connectivity index (χ0) is 8.43. The normalized spacial score (nSPS) is 13.0. The maximum Gasteiger partial charge on any atom is 0.123 e.